The molecule has 64 heavy (non-hydrogen) atoms. The molecule has 23 heteroatoms. The first-order valence-corrected chi connectivity index (χ1v) is 22.8. The number of benzene rings is 2. The molecule has 1 aliphatic heterocycles. The zero-order valence-corrected chi connectivity index (χ0v) is 35.9. The third-order valence-corrected chi connectivity index (χ3v) is 14.2. The monoisotopic (exact) mass is 932 g/mol. The van der Waals surface area contributed by atoms with Crippen LogP contribution in [-0.4, -0.2) is 69.1 Å². The van der Waals surface area contributed by atoms with Crippen LogP contribution < -0.4 is 20.7 Å². The number of nitrogens with zero attached hydrogens (tertiary/aromatic N) is 7. The number of hydrogen-bond donors (Lipinski definition) is 3. The van der Waals surface area contributed by atoms with Crippen molar-refractivity contribution >= 4 is 65.4 Å². The highest BCUT2D eigenvalue weighted by atomic mass is 32.2. The van der Waals surface area contributed by atoms with Crippen molar-refractivity contribution in [3.05, 3.63) is 82.3 Å². The number of amides is 2. The van der Waals surface area contributed by atoms with Crippen molar-refractivity contribution in [2.75, 3.05) is 29.0 Å². The lowest BCUT2D eigenvalue weighted by Crippen LogP contribution is -2.45. The van der Waals surface area contributed by atoms with Crippen molar-refractivity contribution in [3.8, 4) is 11.1 Å². The molecule has 9 rings (SSSR count). The summed E-state index contributed by atoms with van der Waals surface area (Å²) < 4.78 is 133. The summed E-state index contributed by atoms with van der Waals surface area (Å²) in [6, 6.07) is 7.99. The van der Waals surface area contributed by atoms with Crippen molar-refractivity contribution < 1.29 is 48.7 Å². The van der Waals surface area contributed by atoms with E-state index in [9.17, 15) is 40.0 Å². The minimum atomic E-state index is -5.09. The molecule has 2 fully saturated rings. The number of pyridine rings is 1. The minimum absolute atomic E-state index is 0.000816. The van der Waals surface area contributed by atoms with E-state index in [2.05, 4.69) is 20.2 Å². The van der Waals surface area contributed by atoms with Crippen molar-refractivity contribution in [2.24, 2.45) is 24.1 Å². The first-order chi connectivity index (χ1) is 30.0. The van der Waals surface area contributed by atoms with Crippen LogP contribution in [0.4, 0.5) is 41.7 Å². The average molecular weight is 933 g/mol. The summed E-state index contributed by atoms with van der Waals surface area (Å²) in [6.45, 7) is 1.59. The van der Waals surface area contributed by atoms with Gasteiger partial charge in [-0.1, -0.05) is 30.4 Å². The van der Waals surface area contributed by atoms with Crippen molar-refractivity contribution in [3.63, 3.8) is 0 Å². The third kappa shape index (κ3) is 7.58. The van der Waals surface area contributed by atoms with E-state index in [-0.39, 0.29) is 42.0 Å². The number of para-hydroxylation sites is 1. The standard InChI is InChI=1S/C41H39F7N10O4S2/c1-39(37(49)60)9-11-57(12-10-39)38-52-36-28(63-38)17-25(22-5-4-6-24-32(22)56(2)54-35(24)55-64(3,61)62)31(51-36)27(15-19-13-20(42)16-21(43)14-19)50-29(59)18-58-34-30(33(53-58)41(46,47)48)23-7-8-26(23)40(34,44)45/h4-6,13-14,16-17,23,26-27H,7-12,15,18H2,1-3H3,(H2,49,60)(H,50,59)(H,54,55)/t23-,26+,27?/m0/s1. The molecule has 0 spiro atoms. The summed E-state index contributed by atoms with van der Waals surface area (Å²) >= 11 is 1.27. The van der Waals surface area contributed by atoms with Crippen LogP contribution >= 0.6 is 11.3 Å². The SMILES string of the molecule is Cn1nc(NS(C)(=O)=O)c2cccc(-c3cc4sc(N5CCC(C)(C(N)=O)CC5)nc4nc3C(Cc3cc(F)cc(F)c3)NC(=O)Cn3nc(C(F)(F)F)c4c3C(F)(F)[C@@H]3CC[C@H]43)c21. The fraction of sp³-hybridized carbons (Fsp3) is 0.415. The molecule has 338 valence electrons. The Morgan fingerprint density at radius 3 is 2.34 bits per heavy atom. The lowest BCUT2D eigenvalue weighted by Gasteiger charge is -2.36. The summed E-state index contributed by atoms with van der Waals surface area (Å²) in [4.78, 5) is 38.1. The van der Waals surface area contributed by atoms with Crippen LogP contribution in [0.1, 0.15) is 72.8 Å². The van der Waals surface area contributed by atoms with Crippen LogP contribution in [0.15, 0.2) is 42.5 Å². The van der Waals surface area contributed by atoms with Crippen molar-refractivity contribution in [2.45, 2.75) is 69.6 Å². The number of anilines is 2. The number of rotatable bonds is 11. The number of nitrogens with two attached hydrogens (primary N) is 1. The van der Waals surface area contributed by atoms with Gasteiger partial charge >= 0.3 is 6.18 Å². The topological polar surface area (TPSA) is 183 Å². The fourth-order valence-electron chi connectivity index (χ4n) is 9.24. The predicted octanol–water partition coefficient (Wildman–Crippen LogP) is 6.90. The Morgan fingerprint density at radius 1 is 1.02 bits per heavy atom. The maximum atomic E-state index is 15.8. The fourth-order valence-corrected chi connectivity index (χ4v) is 10.7. The number of aromatic nitrogens is 6. The maximum Gasteiger partial charge on any atom is 0.435 e. The minimum Gasteiger partial charge on any atom is -0.369 e. The Balaban J connectivity index is 1.19. The lowest BCUT2D eigenvalue weighted by molar-refractivity contribution is -0.144. The molecule has 5 heterocycles. The molecule has 14 nitrogen and oxygen atoms in total. The van der Waals surface area contributed by atoms with Gasteiger partial charge in [0.1, 0.15) is 23.9 Å². The molecule has 1 unspecified atom stereocenters. The number of piperidine rings is 1. The Bertz CT molecular complexity index is 2990. The Morgan fingerprint density at radius 2 is 1.72 bits per heavy atom. The van der Waals surface area contributed by atoms with Crippen LogP contribution in [0, 0.1) is 23.0 Å². The highest BCUT2D eigenvalue weighted by Gasteiger charge is 2.63. The number of fused-ring (bicyclic) bond motifs is 5. The molecule has 0 bridgehead atoms. The van der Waals surface area contributed by atoms with Gasteiger partial charge in [0.15, 0.2) is 22.3 Å². The van der Waals surface area contributed by atoms with Gasteiger partial charge in [-0.15, -0.1) is 0 Å². The van der Waals surface area contributed by atoms with Crippen LogP contribution in [0.3, 0.4) is 0 Å². The Hall–Kier alpha value is -5.84. The van der Waals surface area contributed by atoms with E-state index in [0.29, 0.717) is 68.5 Å². The zero-order valence-electron chi connectivity index (χ0n) is 34.2. The number of carbonyl (C=O) groups excluding carboxylic acids is 2. The highest BCUT2D eigenvalue weighted by Crippen LogP contribution is 2.64. The van der Waals surface area contributed by atoms with E-state index in [4.69, 9.17) is 15.7 Å². The summed E-state index contributed by atoms with van der Waals surface area (Å²) in [7, 11) is -2.24. The number of halogens is 7. The van der Waals surface area contributed by atoms with E-state index < -0.39 is 92.4 Å². The van der Waals surface area contributed by atoms with Crippen molar-refractivity contribution in [1.29, 1.82) is 0 Å². The van der Waals surface area contributed by atoms with Gasteiger partial charge in [-0.3, -0.25) is 23.7 Å². The number of aryl methyl sites for hydroxylation is 1. The molecule has 1 saturated carbocycles. The van der Waals surface area contributed by atoms with E-state index in [1.54, 1.807) is 38.2 Å². The largest absolute Gasteiger partial charge is 0.435 e. The van der Waals surface area contributed by atoms with Gasteiger partial charge in [-0.2, -0.15) is 37.1 Å². The van der Waals surface area contributed by atoms with Gasteiger partial charge in [0, 0.05) is 59.6 Å². The normalized spacial score (nSPS) is 19.6. The third-order valence-electron chi connectivity index (χ3n) is 12.6. The Kier molecular flexibility index (Phi) is 10.3. The van der Waals surface area contributed by atoms with Crippen LogP contribution in [0.2, 0.25) is 0 Å². The zero-order chi connectivity index (χ0) is 45.8. The number of thiazole rings is 1. The molecular formula is C41H39F7N10O4S2. The number of primary amides is 1. The molecule has 2 aliphatic carbocycles. The van der Waals surface area contributed by atoms with Crippen LogP contribution in [0.5, 0.6) is 0 Å². The molecule has 6 aromatic rings. The van der Waals surface area contributed by atoms with E-state index in [1.807, 2.05) is 4.90 Å². The molecule has 0 radical (unpaired) electrons. The quantitative estimate of drug-likeness (QED) is 0.116. The number of sulfonamides is 1. The summed E-state index contributed by atoms with van der Waals surface area (Å²) in [5.41, 5.74) is 3.26. The van der Waals surface area contributed by atoms with Gasteiger partial charge in [0.25, 0.3) is 5.92 Å². The molecule has 1 saturated heterocycles. The number of carbonyl (C=O) groups is 2. The van der Waals surface area contributed by atoms with Gasteiger partial charge in [0.05, 0.1) is 28.2 Å². The highest BCUT2D eigenvalue weighted by molar-refractivity contribution is 7.92. The molecular weight excluding hydrogens is 894 g/mol. The smallest absolute Gasteiger partial charge is 0.369 e. The number of nitrogens with one attached hydrogen (secondary N) is 2. The van der Waals surface area contributed by atoms with Gasteiger partial charge in [-0.25, -0.2) is 22.2 Å². The number of hydrogen-bond acceptors (Lipinski definition) is 10. The first-order valence-electron chi connectivity index (χ1n) is 20.1. The molecule has 3 aliphatic rings. The average Bonchev–Trinajstić information content (AvgIpc) is 3.88. The summed E-state index contributed by atoms with van der Waals surface area (Å²) in [6.07, 6.45) is -3.49. The second-order valence-electron chi connectivity index (χ2n) is 17.0. The molecule has 4 N–H and O–H groups in total. The second-order valence-corrected chi connectivity index (χ2v) is 19.7. The van der Waals surface area contributed by atoms with E-state index >= 15 is 8.78 Å². The predicted molar refractivity (Wildman–Crippen MR) is 222 cm³/mol. The molecule has 4 aromatic heterocycles. The van der Waals surface area contributed by atoms with Crippen LogP contribution in [0.25, 0.3) is 32.4 Å². The lowest BCUT2D eigenvalue weighted by atomic mass is 9.73. The summed E-state index contributed by atoms with van der Waals surface area (Å²) in [5, 5.41) is 11.5. The Labute approximate surface area is 364 Å². The number of alkyl halides is 5. The van der Waals surface area contributed by atoms with Crippen LogP contribution in [-0.2, 0) is 51.7 Å². The van der Waals surface area contributed by atoms with Gasteiger partial charge < -0.3 is 16.0 Å². The molecule has 2 aromatic carbocycles. The molecule has 3 atom stereocenters. The molecule has 2 amide bonds. The van der Waals surface area contributed by atoms with E-state index in [1.165, 1.54) is 16.0 Å². The summed E-state index contributed by atoms with van der Waals surface area (Å²) in [5.74, 6) is -9.52. The first kappa shape index (κ1) is 43.4. The second kappa shape index (κ2) is 15.1. The van der Waals surface area contributed by atoms with Gasteiger partial charge in [-0.05, 0) is 67.9 Å². The van der Waals surface area contributed by atoms with Crippen molar-refractivity contribution in [1.82, 2.24) is 34.8 Å². The van der Waals surface area contributed by atoms with E-state index in [0.717, 1.165) is 18.4 Å². The van der Waals surface area contributed by atoms with Gasteiger partial charge in [0.2, 0.25) is 21.8 Å². The maximum absolute atomic E-state index is 15.8.